The van der Waals surface area contributed by atoms with Gasteiger partial charge in [-0.25, -0.2) is 0 Å². The van der Waals surface area contributed by atoms with Crippen LogP contribution in [0.4, 0.5) is 18.9 Å². The van der Waals surface area contributed by atoms with Crippen molar-refractivity contribution in [1.29, 1.82) is 0 Å². The summed E-state index contributed by atoms with van der Waals surface area (Å²) < 4.78 is 38.5. The molecule has 2 rings (SSSR count). The lowest BCUT2D eigenvalue weighted by atomic mass is 9.90. The van der Waals surface area contributed by atoms with Crippen molar-refractivity contribution < 1.29 is 13.2 Å². The summed E-state index contributed by atoms with van der Waals surface area (Å²) in [4.78, 5) is 0. The minimum Gasteiger partial charge on any atom is -0.380 e. The highest BCUT2D eigenvalue weighted by Crippen LogP contribution is 2.35. The summed E-state index contributed by atoms with van der Waals surface area (Å²) in [6, 6.07) is 5.42. The zero-order valence-corrected chi connectivity index (χ0v) is 10.0. The van der Waals surface area contributed by atoms with Crippen molar-refractivity contribution in [3.63, 3.8) is 0 Å². The molecular formula is C13H17F3N2. The van der Waals surface area contributed by atoms with Crippen LogP contribution in [0.3, 0.4) is 0 Å². The van der Waals surface area contributed by atoms with Gasteiger partial charge in [0.2, 0.25) is 0 Å². The summed E-state index contributed by atoms with van der Waals surface area (Å²) in [7, 11) is 0. The SMILES string of the molecule is N[C@@H]1CCCC[C@H]1Nc1ccccc1C(F)(F)F. The number of alkyl halides is 3. The van der Waals surface area contributed by atoms with Crippen LogP contribution in [0.5, 0.6) is 0 Å². The smallest absolute Gasteiger partial charge is 0.380 e. The Bertz CT molecular complexity index is 403. The normalized spacial score (nSPS) is 24.9. The van der Waals surface area contributed by atoms with E-state index in [0.717, 1.165) is 31.7 Å². The first-order chi connectivity index (χ1) is 8.48. The van der Waals surface area contributed by atoms with E-state index in [1.54, 1.807) is 6.07 Å². The maximum absolute atomic E-state index is 12.8. The van der Waals surface area contributed by atoms with Crippen LogP contribution in [-0.2, 0) is 6.18 Å². The van der Waals surface area contributed by atoms with Crippen LogP contribution in [-0.4, -0.2) is 12.1 Å². The molecule has 5 heteroatoms. The molecule has 18 heavy (non-hydrogen) atoms. The molecule has 1 saturated carbocycles. The number of hydrogen-bond donors (Lipinski definition) is 2. The van der Waals surface area contributed by atoms with E-state index < -0.39 is 11.7 Å². The Morgan fingerprint density at radius 2 is 1.78 bits per heavy atom. The van der Waals surface area contributed by atoms with Crippen molar-refractivity contribution in [2.45, 2.75) is 43.9 Å². The van der Waals surface area contributed by atoms with E-state index in [0.29, 0.717) is 0 Å². The summed E-state index contributed by atoms with van der Waals surface area (Å²) in [5.74, 6) is 0. The Hall–Kier alpha value is -1.23. The Balaban J connectivity index is 2.18. The van der Waals surface area contributed by atoms with Gasteiger partial charge in [-0.1, -0.05) is 25.0 Å². The Kier molecular flexibility index (Phi) is 3.80. The van der Waals surface area contributed by atoms with E-state index in [9.17, 15) is 13.2 Å². The molecular weight excluding hydrogens is 241 g/mol. The minimum absolute atomic E-state index is 0.0674. The second-order valence-corrected chi connectivity index (χ2v) is 4.74. The van der Waals surface area contributed by atoms with Gasteiger partial charge < -0.3 is 11.1 Å². The first-order valence-corrected chi connectivity index (χ1v) is 6.17. The van der Waals surface area contributed by atoms with E-state index in [-0.39, 0.29) is 17.8 Å². The zero-order valence-electron chi connectivity index (χ0n) is 10.0. The molecule has 0 bridgehead atoms. The highest BCUT2D eigenvalue weighted by Gasteiger charge is 2.34. The number of anilines is 1. The molecule has 2 atom stereocenters. The topological polar surface area (TPSA) is 38.0 Å². The van der Waals surface area contributed by atoms with Crippen LogP contribution >= 0.6 is 0 Å². The quantitative estimate of drug-likeness (QED) is 0.853. The van der Waals surface area contributed by atoms with Crippen molar-refractivity contribution >= 4 is 5.69 Å². The van der Waals surface area contributed by atoms with Gasteiger partial charge in [0.15, 0.2) is 0 Å². The summed E-state index contributed by atoms with van der Waals surface area (Å²) in [6.45, 7) is 0. The third kappa shape index (κ3) is 2.96. The van der Waals surface area contributed by atoms with Crippen molar-refractivity contribution in [2.75, 3.05) is 5.32 Å². The van der Waals surface area contributed by atoms with Crippen molar-refractivity contribution in [3.05, 3.63) is 29.8 Å². The molecule has 0 aromatic heterocycles. The third-order valence-corrected chi connectivity index (χ3v) is 3.39. The molecule has 0 unspecified atom stereocenters. The van der Waals surface area contributed by atoms with Crippen molar-refractivity contribution in [1.82, 2.24) is 0 Å². The lowest BCUT2D eigenvalue weighted by Crippen LogP contribution is -2.42. The molecule has 3 N–H and O–H groups in total. The number of hydrogen-bond acceptors (Lipinski definition) is 2. The lowest BCUT2D eigenvalue weighted by Gasteiger charge is -2.31. The summed E-state index contributed by atoms with van der Waals surface area (Å²) in [5.41, 5.74) is 5.45. The van der Waals surface area contributed by atoms with E-state index in [4.69, 9.17) is 5.73 Å². The second kappa shape index (κ2) is 5.18. The molecule has 0 aliphatic heterocycles. The molecule has 1 aliphatic rings. The average Bonchev–Trinajstić information content (AvgIpc) is 2.31. The van der Waals surface area contributed by atoms with Crippen molar-refractivity contribution in [2.24, 2.45) is 5.73 Å². The van der Waals surface area contributed by atoms with E-state index in [1.165, 1.54) is 12.1 Å². The van der Waals surface area contributed by atoms with Gasteiger partial charge in [-0.3, -0.25) is 0 Å². The molecule has 0 amide bonds. The highest BCUT2D eigenvalue weighted by molar-refractivity contribution is 5.53. The zero-order chi connectivity index (χ0) is 13.2. The fraction of sp³-hybridized carbons (Fsp3) is 0.538. The van der Waals surface area contributed by atoms with Crippen LogP contribution in [0.15, 0.2) is 24.3 Å². The van der Waals surface area contributed by atoms with Gasteiger partial charge in [0.1, 0.15) is 0 Å². The molecule has 0 saturated heterocycles. The largest absolute Gasteiger partial charge is 0.418 e. The maximum Gasteiger partial charge on any atom is 0.418 e. The first-order valence-electron chi connectivity index (χ1n) is 6.17. The summed E-state index contributed by atoms with van der Waals surface area (Å²) in [6.07, 6.45) is -0.568. The molecule has 1 aromatic carbocycles. The Morgan fingerprint density at radius 3 is 2.44 bits per heavy atom. The predicted octanol–water partition coefficient (Wildman–Crippen LogP) is 3.39. The predicted molar refractivity (Wildman–Crippen MR) is 65.3 cm³/mol. The van der Waals surface area contributed by atoms with Crippen LogP contribution in [0.25, 0.3) is 0 Å². The van der Waals surface area contributed by atoms with Crippen LogP contribution in [0.2, 0.25) is 0 Å². The third-order valence-electron chi connectivity index (χ3n) is 3.39. The van der Waals surface area contributed by atoms with Crippen LogP contribution in [0.1, 0.15) is 31.2 Å². The molecule has 2 nitrogen and oxygen atoms in total. The number of rotatable bonds is 2. The Morgan fingerprint density at radius 1 is 1.11 bits per heavy atom. The van der Waals surface area contributed by atoms with Gasteiger partial charge in [0, 0.05) is 17.8 Å². The average molecular weight is 258 g/mol. The van der Waals surface area contributed by atoms with E-state index in [1.807, 2.05) is 0 Å². The molecule has 0 heterocycles. The monoisotopic (exact) mass is 258 g/mol. The number of nitrogens with two attached hydrogens (primary N) is 1. The standard InChI is InChI=1S/C13H17F3N2/c14-13(15,16)9-5-1-3-7-11(9)18-12-8-4-2-6-10(12)17/h1,3,5,7,10,12,18H,2,4,6,8,17H2/t10-,12-/m1/s1. The lowest BCUT2D eigenvalue weighted by molar-refractivity contribution is -0.137. The van der Waals surface area contributed by atoms with E-state index in [2.05, 4.69) is 5.32 Å². The second-order valence-electron chi connectivity index (χ2n) is 4.74. The molecule has 1 aromatic rings. The highest BCUT2D eigenvalue weighted by atomic mass is 19.4. The Labute approximate surface area is 104 Å². The van der Waals surface area contributed by atoms with Crippen molar-refractivity contribution in [3.8, 4) is 0 Å². The number of nitrogens with one attached hydrogen (secondary N) is 1. The van der Waals surface area contributed by atoms with Gasteiger partial charge in [-0.15, -0.1) is 0 Å². The molecule has 100 valence electrons. The number of benzene rings is 1. The van der Waals surface area contributed by atoms with Gasteiger partial charge in [-0.2, -0.15) is 13.2 Å². The maximum atomic E-state index is 12.8. The molecule has 1 aliphatic carbocycles. The summed E-state index contributed by atoms with van der Waals surface area (Å²) >= 11 is 0. The fourth-order valence-corrected chi connectivity index (χ4v) is 2.39. The van der Waals surface area contributed by atoms with Crippen LogP contribution in [0, 0.1) is 0 Å². The first kappa shape index (κ1) is 13.2. The molecule has 1 fully saturated rings. The number of para-hydroxylation sites is 1. The van der Waals surface area contributed by atoms with Gasteiger partial charge >= 0.3 is 6.18 Å². The van der Waals surface area contributed by atoms with Crippen LogP contribution < -0.4 is 11.1 Å². The number of halogens is 3. The van der Waals surface area contributed by atoms with Gasteiger partial charge in [0.25, 0.3) is 0 Å². The molecule has 0 spiro atoms. The summed E-state index contributed by atoms with van der Waals surface area (Å²) in [5, 5.41) is 2.96. The van der Waals surface area contributed by atoms with Gasteiger partial charge in [0.05, 0.1) is 5.56 Å². The molecule has 0 radical (unpaired) electrons. The fourth-order valence-electron chi connectivity index (χ4n) is 2.39. The minimum atomic E-state index is -4.33. The van der Waals surface area contributed by atoms with E-state index >= 15 is 0 Å². The van der Waals surface area contributed by atoms with Gasteiger partial charge in [-0.05, 0) is 25.0 Å².